The predicted octanol–water partition coefficient (Wildman–Crippen LogP) is 0.342. The number of hydrogen-bond donors (Lipinski definition) is 3. The Morgan fingerprint density at radius 1 is 1.30 bits per heavy atom. The number of benzene rings is 1. The molecule has 1 aromatic heterocycles. The fraction of sp³-hybridized carbons (Fsp3) is 0.389. The first-order valence-electron chi connectivity index (χ1n) is 8.51. The molecule has 2 aromatic rings. The van der Waals surface area contributed by atoms with Gasteiger partial charge in [-0.1, -0.05) is 6.07 Å². The lowest BCUT2D eigenvalue weighted by molar-refractivity contribution is -0.148. The van der Waals surface area contributed by atoms with Crippen molar-refractivity contribution in [3.63, 3.8) is 0 Å². The second-order valence-electron chi connectivity index (χ2n) is 6.01. The van der Waals surface area contributed by atoms with Gasteiger partial charge in [-0.25, -0.2) is 0 Å². The van der Waals surface area contributed by atoms with Crippen molar-refractivity contribution >= 4 is 11.8 Å². The molecule has 2 heterocycles. The molecule has 2 atom stereocenters. The minimum Gasteiger partial charge on any atom is -0.493 e. The maximum absolute atomic E-state index is 12.6. The zero-order valence-electron chi connectivity index (χ0n) is 15.2. The van der Waals surface area contributed by atoms with E-state index < -0.39 is 12.1 Å². The summed E-state index contributed by atoms with van der Waals surface area (Å²) >= 11 is 0. The molecular formula is C18H22N4O5. The molecule has 0 bridgehead atoms. The average Bonchev–Trinajstić information content (AvgIpc) is 3.20. The van der Waals surface area contributed by atoms with E-state index in [0.717, 1.165) is 5.69 Å². The quantitative estimate of drug-likeness (QED) is 0.644. The second-order valence-corrected chi connectivity index (χ2v) is 6.01. The highest BCUT2D eigenvalue weighted by Crippen LogP contribution is 2.32. The van der Waals surface area contributed by atoms with Crippen LogP contribution in [0.4, 0.5) is 0 Å². The molecule has 3 rings (SSSR count). The van der Waals surface area contributed by atoms with E-state index in [0.29, 0.717) is 30.0 Å². The molecule has 2 amide bonds. The zero-order valence-corrected chi connectivity index (χ0v) is 15.2. The van der Waals surface area contributed by atoms with Crippen LogP contribution in [-0.4, -0.2) is 55.5 Å². The van der Waals surface area contributed by atoms with Crippen molar-refractivity contribution in [2.75, 3.05) is 27.4 Å². The van der Waals surface area contributed by atoms with E-state index in [2.05, 4.69) is 20.8 Å². The number of ether oxygens (including phenoxy) is 3. The first kappa shape index (κ1) is 18.7. The SMILES string of the molecule is COc1ccc([C@H]2NC(=O)CO[C@@H]2C(=O)NCCc2ccn[nH]2)cc1OC. The summed E-state index contributed by atoms with van der Waals surface area (Å²) < 4.78 is 16.1. The molecule has 0 radical (unpaired) electrons. The minimum absolute atomic E-state index is 0.164. The van der Waals surface area contributed by atoms with Gasteiger partial charge in [-0.15, -0.1) is 0 Å². The number of rotatable bonds is 7. The van der Waals surface area contributed by atoms with Crippen LogP contribution >= 0.6 is 0 Å². The standard InChI is InChI=1S/C18H22N4O5/c1-25-13-4-3-11(9-14(13)26-2)16-17(27-10-15(23)21-16)18(24)19-7-5-12-6-8-20-22-12/h3-4,6,8-9,16-17H,5,7,10H2,1-2H3,(H,19,24)(H,20,22)(H,21,23)/t16-,17+/m1/s1. The Kier molecular flexibility index (Phi) is 5.92. The van der Waals surface area contributed by atoms with Crippen molar-refractivity contribution < 1.29 is 23.8 Å². The fourth-order valence-corrected chi connectivity index (χ4v) is 2.93. The van der Waals surface area contributed by atoms with E-state index in [4.69, 9.17) is 14.2 Å². The van der Waals surface area contributed by atoms with Gasteiger partial charge in [0.2, 0.25) is 5.91 Å². The van der Waals surface area contributed by atoms with Gasteiger partial charge < -0.3 is 24.8 Å². The van der Waals surface area contributed by atoms with E-state index in [1.54, 1.807) is 31.5 Å². The summed E-state index contributed by atoms with van der Waals surface area (Å²) in [6.45, 7) is 0.260. The molecular weight excluding hydrogens is 352 g/mol. The van der Waals surface area contributed by atoms with Crippen LogP contribution in [0.5, 0.6) is 11.5 Å². The van der Waals surface area contributed by atoms with E-state index in [9.17, 15) is 9.59 Å². The van der Waals surface area contributed by atoms with Crippen molar-refractivity contribution in [2.24, 2.45) is 0 Å². The number of methoxy groups -OCH3 is 2. The van der Waals surface area contributed by atoms with Gasteiger partial charge in [0, 0.05) is 24.9 Å². The highest BCUT2D eigenvalue weighted by Gasteiger charge is 2.36. The molecule has 144 valence electrons. The van der Waals surface area contributed by atoms with Crippen LogP contribution < -0.4 is 20.1 Å². The molecule has 3 N–H and O–H groups in total. The normalized spacial score (nSPS) is 19.3. The first-order chi connectivity index (χ1) is 13.1. The summed E-state index contributed by atoms with van der Waals surface area (Å²) in [6, 6.07) is 6.44. The third-order valence-electron chi connectivity index (χ3n) is 4.29. The van der Waals surface area contributed by atoms with Crippen LogP contribution in [0.3, 0.4) is 0 Å². The molecule has 9 heteroatoms. The van der Waals surface area contributed by atoms with Gasteiger partial charge in [0.25, 0.3) is 5.91 Å². The first-order valence-corrected chi connectivity index (χ1v) is 8.51. The smallest absolute Gasteiger partial charge is 0.251 e. The number of morpholine rings is 1. The predicted molar refractivity (Wildman–Crippen MR) is 95.5 cm³/mol. The summed E-state index contributed by atoms with van der Waals surface area (Å²) in [7, 11) is 3.07. The van der Waals surface area contributed by atoms with Crippen molar-refractivity contribution in [2.45, 2.75) is 18.6 Å². The molecule has 1 aliphatic rings. The second kappa shape index (κ2) is 8.54. The fourth-order valence-electron chi connectivity index (χ4n) is 2.93. The maximum Gasteiger partial charge on any atom is 0.251 e. The van der Waals surface area contributed by atoms with E-state index in [1.165, 1.54) is 7.11 Å². The monoisotopic (exact) mass is 374 g/mol. The number of aromatic amines is 1. The molecule has 0 saturated carbocycles. The molecule has 0 aliphatic carbocycles. The Balaban J connectivity index is 1.72. The summed E-state index contributed by atoms with van der Waals surface area (Å²) in [5.74, 6) is 0.490. The number of H-pyrrole nitrogens is 1. The Hall–Kier alpha value is -3.07. The van der Waals surface area contributed by atoms with E-state index in [-0.39, 0.29) is 18.4 Å². The van der Waals surface area contributed by atoms with Gasteiger partial charge in [0.1, 0.15) is 6.61 Å². The van der Waals surface area contributed by atoms with Crippen LogP contribution in [0.25, 0.3) is 0 Å². The Labute approximate surface area is 156 Å². The van der Waals surface area contributed by atoms with Gasteiger partial charge in [-0.05, 0) is 23.8 Å². The van der Waals surface area contributed by atoms with Crippen molar-refractivity contribution in [3.05, 3.63) is 41.7 Å². The molecule has 1 saturated heterocycles. The summed E-state index contributed by atoms with van der Waals surface area (Å²) in [4.78, 5) is 24.5. The van der Waals surface area contributed by atoms with Gasteiger partial charge in [0.15, 0.2) is 17.6 Å². The lowest BCUT2D eigenvalue weighted by Gasteiger charge is -2.32. The number of hydrogen-bond acceptors (Lipinski definition) is 6. The topological polar surface area (TPSA) is 115 Å². The molecule has 0 unspecified atom stereocenters. The molecule has 1 aliphatic heterocycles. The molecule has 0 spiro atoms. The molecule has 27 heavy (non-hydrogen) atoms. The van der Waals surface area contributed by atoms with Crippen LogP contribution in [0, 0.1) is 0 Å². The molecule has 1 aromatic carbocycles. The zero-order chi connectivity index (χ0) is 19.2. The Morgan fingerprint density at radius 3 is 2.81 bits per heavy atom. The van der Waals surface area contributed by atoms with Crippen LogP contribution in [0.2, 0.25) is 0 Å². The Morgan fingerprint density at radius 2 is 2.11 bits per heavy atom. The number of carbonyl (C=O) groups excluding carboxylic acids is 2. The van der Waals surface area contributed by atoms with Crippen LogP contribution in [0.1, 0.15) is 17.3 Å². The lowest BCUT2D eigenvalue weighted by Crippen LogP contribution is -2.52. The largest absolute Gasteiger partial charge is 0.493 e. The molecule has 1 fully saturated rings. The number of nitrogens with one attached hydrogen (secondary N) is 3. The van der Waals surface area contributed by atoms with Crippen LogP contribution in [-0.2, 0) is 20.7 Å². The highest BCUT2D eigenvalue weighted by atomic mass is 16.5. The summed E-state index contributed by atoms with van der Waals surface area (Å²) in [6.07, 6.45) is 1.43. The highest BCUT2D eigenvalue weighted by molar-refractivity contribution is 5.86. The number of nitrogens with zero attached hydrogens (tertiary/aromatic N) is 1. The lowest BCUT2D eigenvalue weighted by atomic mass is 9.98. The van der Waals surface area contributed by atoms with Crippen molar-refractivity contribution in [1.29, 1.82) is 0 Å². The van der Waals surface area contributed by atoms with Gasteiger partial charge in [-0.2, -0.15) is 5.10 Å². The maximum atomic E-state index is 12.6. The minimum atomic E-state index is -0.845. The van der Waals surface area contributed by atoms with Gasteiger partial charge >= 0.3 is 0 Å². The Bertz CT molecular complexity index is 793. The number of amides is 2. The summed E-state index contributed by atoms with van der Waals surface area (Å²) in [5.41, 5.74) is 1.61. The van der Waals surface area contributed by atoms with Crippen LogP contribution in [0.15, 0.2) is 30.5 Å². The van der Waals surface area contributed by atoms with Gasteiger partial charge in [0.05, 0.1) is 20.3 Å². The van der Waals surface area contributed by atoms with Gasteiger partial charge in [-0.3, -0.25) is 14.7 Å². The summed E-state index contributed by atoms with van der Waals surface area (Å²) in [5, 5.41) is 12.4. The van der Waals surface area contributed by atoms with E-state index in [1.807, 2.05) is 6.07 Å². The molecule has 9 nitrogen and oxygen atoms in total. The van der Waals surface area contributed by atoms with Crippen molar-refractivity contribution in [1.82, 2.24) is 20.8 Å². The third-order valence-corrected chi connectivity index (χ3v) is 4.29. The third kappa shape index (κ3) is 4.37. The van der Waals surface area contributed by atoms with Crippen molar-refractivity contribution in [3.8, 4) is 11.5 Å². The van der Waals surface area contributed by atoms with E-state index >= 15 is 0 Å². The number of aromatic nitrogens is 2. The number of carbonyl (C=O) groups is 2. The average molecular weight is 374 g/mol.